The van der Waals surface area contributed by atoms with Crippen LogP contribution in [0.3, 0.4) is 0 Å². The van der Waals surface area contributed by atoms with E-state index in [1.54, 1.807) is 0 Å². The molecule has 2 aliphatic rings. The molecule has 1 aliphatic carbocycles. The molecule has 0 spiro atoms. The van der Waals surface area contributed by atoms with Gasteiger partial charge in [0.15, 0.2) is 0 Å². The maximum Gasteiger partial charge on any atom is 0.243 e. The Labute approximate surface area is 104 Å². The average Bonchev–Trinajstić information content (AvgIpc) is 2.48. The minimum atomic E-state index is -0.683. The van der Waals surface area contributed by atoms with Crippen molar-refractivity contribution in [3.05, 3.63) is 0 Å². The van der Waals surface area contributed by atoms with E-state index < -0.39 is 5.41 Å². The first kappa shape index (κ1) is 12.4. The summed E-state index contributed by atoms with van der Waals surface area (Å²) in [6.07, 6.45) is 6.11. The second kappa shape index (κ2) is 4.68. The number of nitrogens with zero attached hydrogens (tertiary/aromatic N) is 2. The van der Waals surface area contributed by atoms with Crippen molar-refractivity contribution in [3.63, 3.8) is 0 Å². The summed E-state index contributed by atoms with van der Waals surface area (Å²) in [5.74, 6) is 0.633. The van der Waals surface area contributed by atoms with Gasteiger partial charge in [0.2, 0.25) is 5.91 Å². The van der Waals surface area contributed by atoms with Crippen molar-refractivity contribution in [2.24, 2.45) is 11.3 Å². The summed E-state index contributed by atoms with van der Waals surface area (Å²) in [6.45, 7) is 5.09. The van der Waals surface area contributed by atoms with E-state index in [2.05, 4.69) is 19.9 Å². The van der Waals surface area contributed by atoms with E-state index in [0.29, 0.717) is 12.0 Å². The van der Waals surface area contributed by atoms with Crippen LogP contribution in [-0.4, -0.2) is 23.4 Å². The molecule has 1 amide bonds. The molecule has 2 fully saturated rings. The maximum atomic E-state index is 12.5. The molecule has 1 atom stereocenters. The van der Waals surface area contributed by atoms with Crippen molar-refractivity contribution in [3.8, 4) is 6.07 Å². The predicted octanol–water partition coefficient (Wildman–Crippen LogP) is 2.72. The first-order valence-electron chi connectivity index (χ1n) is 6.81. The van der Waals surface area contributed by atoms with Gasteiger partial charge in [-0.2, -0.15) is 5.26 Å². The summed E-state index contributed by atoms with van der Waals surface area (Å²) in [6, 6.07) is 2.60. The average molecular weight is 234 g/mol. The number of carbonyl (C=O) groups is 1. The van der Waals surface area contributed by atoms with Crippen molar-refractivity contribution < 1.29 is 4.79 Å². The first-order chi connectivity index (χ1) is 8.09. The zero-order chi connectivity index (χ0) is 12.5. The van der Waals surface area contributed by atoms with Gasteiger partial charge >= 0.3 is 0 Å². The highest BCUT2D eigenvalue weighted by atomic mass is 16.2. The molecular weight excluding hydrogens is 212 g/mol. The fraction of sp³-hybridized carbons (Fsp3) is 0.857. The van der Waals surface area contributed by atoms with Crippen molar-refractivity contribution >= 4 is 5.91 Å². The first-order valence-corrected chi connectivity index (χ1v) is 6.81. The van der Waals surface area contributed by atoms with Crippen molar-refractivity contribution in [2.45, 2.75) is 58.4 Å². The van der Waals surface area contributed by atoms with Crippen LogP contribution in [0.25, 0.3) is 0 Å². The predicted molar refractivity (Wildman–Crippen MR) is 66.1 cm³/mol. The van der Waals surface area contributed by atoms with Crippen LogP contribution >= 0.6 is 0 Å². The Hall–Kier alpha value is -1.04. The van der Waals surface area contributed by atoms with E-state index in [0.717, 1.165) is 32.2 Å². The highest BCUT2D eigenvalue weighted by molar-refractivity contribution is 5.86. The van der Waals surface area contributed by atoms with Gasteiger partial charge in [-0.05, 0) is 38.5 Å². The largest absolute Gasteiger partial charge is 0.339 e. The third-order valence-corrected chi connectivity index (χ3v) is 4.33. The Balaban J connectivity index is 2.10. The number of hydrogen-bond acceptors (Lipinski definition) is 2. The molecule has 3 nitrogen and oxygen atoms in total. The van der Waals surface area contributed by atoms with Gasteiger partial charge in [-0.15, -0.1) is 0 Å². The zero-order valence-corrected chi connectivity index (χ0v) is 10.9. The summed E-state index contributed by atoms with van der Waals surface area (Å²) in [4.78, 5) is 14.5. The highest BCUT2D eigenvalue weighted by Crippen LogP contribution is 2.46. The van der Waals surface area contributed by atoms with Gasteiger partial charge < -0.3 is 4.90 Å². The second-order valence-electron chi connectivity index (χ2n) is 5.90. The Morgan fingerprint density at radius 3 is 2.59 bits per heavy atom. The summed E-state index contributed by atoms with van der Waals surface area (Å²) in [5, 5.41) is 9.31. The molecule has 1 saturated carbocycles. The van der Waals surface area contributed by atoms with E-state index in [1.165, 1.54) is 12.8 Å². The minimum Gasteiger partial charge on any atom is -0.339 e. The molecule has 94 valence electrons. The molecule has 17 heavy (non-hydrogen) atoms. The van der Waals surface area contributed by atoms with Gasteiger partial charge in [0, 0.05) is 12.6 Å². The fourth-order valence-corrected chi connectivity index (χ4v) is 3.30. The zero-order valence-electron chi connectivity index (χ0n) is 10.9. The van der Waals surface area contributed by atoms with E-state index in [4.69, 9.17) is 0 Å². The molecule has 0 bridgehead atoms. The summed E-state index contributed by atoms with van der Waals surface area (Å²) in [5.41, 5.74) is -0.683. The lowest BCUT2D eigenvalue weighted by Gasteiger charge is -2.43. The molecule has 0 aromatic carbocycles. The van der Waals surface area contributed by atoms with E-state index >= 15 is 0 Å². The number of hydrogen-bond donors (Lipinski definition) is 0. The number of nitriles is 1. The number of carbonyl (C=O) groups excluding carboxylic acids is 1. The molecule has 1 saturated heterocycles. The van der Waals surface area contributed by atoms with Crippen LogP contribution in [0.5, 0.6) is 0 Å². The van der Waals surface area contributed by atoms with Crippen molar-refractivity contribution in [1.29, 1.82) is 5.26 Å². The Morgan fingerprint density at radius 1 is 1.29 bits per heavy atom. The molecule has 0 aromatic rings. The van der Waals surface area contributed by atoms with Gasteiger partial charge in [0.05, 0.1) is 6.07 Å². The van der Waals surface area contributed by atoms with Crippen molar-refractivity contribution in [1.82, 2.24) is 4.90 Å². The SMILES string of the molecule is CC1CC(C#N)(C(=O)N2CCCCCC2C)C1. The quantitative estimate of drug-likeness (QED) is 0.700. The Morgan fingerprint density at radius 2 is 2.00 bits per heavy atom. The molecule has 3 heteroatoms. The number of likely N-dealkylation sites (tertiary alicyclic amines) is 1. The smallest absolute Gasteiger partial charge is 0.243 e. The lowest BCUT2D eigenvalue weighted by atomic mass is 9.62. The van der Waals surface area contributed by atoms with E-state index in [1.807, 2.05) is 4.90 Å². The summed E-state index contributed by atoms with van der Waals surface area (Å²) < 4.78 is 0. The Kier molecular flexibility index (Phi) is 3.42. The monoisotopic (exact) mass is 234 g/mol. The molecule has 0 N–H and O–H groups in total. The van der Waals surface area contributed by atoms with Crippen LogP contribution in [0.4, 0.5) is 0 Å². The summed E-state index contributed by atoms with van der Waals surface area (Å²) in [7, 11) is 0. The van der Waals surface area contributed by atoms with Crippen LogP contribution in [-0.2, 0) is 4.79 Å². The third kappa shape index (κ3) is 2.18. The van der Waals surface area contributed by atoms with E-state index in [-0.39, 0.29) is 5.91 Å². The number of rotatable bonds is 1. The molecule has 1 aliphatic heterocycles. The molecule has 2 rings (SSSR count). The highest BCUT2D eigenvalue weighted by Gasteiger charge is 2.51. The molecular formula is C14H22N2O. The van der Waals surface area contributed by atoms with Crippen molar-refractivity contribution in [2.75, 3.05) is 6.54 Å². The normalized spacial score (nSPS) is 37.8. The van der Waals surface area contributed by atoms with Crippen LogP contribution in [0.2, 0.25) is 0 Å². The molecule has 1 unspecified atom stereocenters. The molecule has 0 radical (unpaired) electrons. The van der Waals surface area contributed by atoms with Gasteiger partial charge in [-0.3, -0.25) is 4.79 Å². The van der Waals surface area contributed by atoms with Gasteiger partial charge in [-0.1, -0.05) is 19.8 Å². The number of amides is 1. The van der Waals surface area contributed by atoms with Gasteiger partial charge in [0.1, 0.15) is 5.41 Å². The standard InChI is InChI=1S/C14H22N2O/c1-11-8-14(9-11,10-15)13(17)16-7-5-3-4-6-12(16)2/h11-12H,3-9H2,1-2H3. The molecule has 0 aromatic heterocycles. The van der Waals surface area contributed by atoms with Crippen LogP contribution in [0.1, 0.15) is 52.4 Å². The fourth-order valence-electron chi connectivity index (χ4n) is 3.30. The second-order valence-corrected chi connectivity index (χ2v) is 5.90. The third-order valence-electron chi connectivity index (χ3n) is 4.33. The van der Waals surface area contributed by atoms with Crippen LogP contribution in [0, 0.1) is 22.7 Å². The van der Waals surface area contributed by atoms with Crippen LogP contribution in [0.15, 0.2) is 0 Å². The lowest BCUT2D eigenvalue weighted by Crippen LogP contribution is -2.52. The van der Waals surface area contributed by atoms with E-state index in [9.17, 15) is 10.1 Å². The maximum absolute atomic E-state index is 12.5. The van der Waals surface area contributed by atoms with Crippen LogP contribution < -0.4 is 0 Å². The van der Waals surface area contributed by atoms with Gasteiger partial charge in [-0.25, -0.2) is 0 Å². The molecule has 1 heterocycles. The Bertz CT molecular complexity index is 339. The minimum absolute atomic E-state index is 0.104. The summed E-state index contributed by atoms with van der Waals surface area (Å²) >= 11 is 0. The van der Waals surface area contributed by atoms with Gasteiger partial charge in [0.25, 0.3) is 0 Å². The topological polar surface area (TPSA) is 44.1 Å². The lowest BCUT2D eigenvalue weighted by molar-refractivity contribution is -0.147.